The van der Waals surface area contributed by atoms with Gasteiger partial charge < -0.3 is 71.6 Å². The van der Waals surface area contributed by atoms with Crippen LogP contribution in [0.2, 0.25) is 0 Å². The molecule has 2 aromatic carbocycles. The number of unbranched alkanes of at least 4 members (excludes halogenated alkanes) is 2. The van der Waals surface area contributed by atoms with Gasteiger partial charge in [-0.25, -0.2) is 0 Å². The molecule has 2 unspecified atom stereocenters. The van der Waals surface area contributed by atoms with Crippen molar-refractivity contribution in [1.29, 1.82) is 0 Å². The highest BCUT2D eigenvalue weighted by atomic mass is 32.2. The molecule has 0 saturated carbocycles. The van der Waals surface area contributed by atoms with Gasteiger partial charge in [-0.3, -0.25) is 13.2 Å². The molecular formula is C62H97N2O21S2+. The highest BCUT2D eigenvalue weighted by Crippen LogP contribution is 2.51. The molecule has 0 aliphatic carbocycles. The summed E-state index contributed by atoms with van der Waals surface area (Å²) in [5, 5.41) is 9.33. The molecule has 87 heavy (non-hydrogen) atoms. The molecule has 0 amide bonds. The number of hydrogen-bond donors (Lipinski definition) is 1. The lowest BCUT2D eigenvalue weighted by atomic mass is 9.76. The maximum atomic E-state index is 13.1. The molecule has 2 heterocycles. The lowest BCUT2D eigenvalue weighted by Gasteiger charge is -2.30. The molecular weight excluding hydrogens is 1170 g/mol. The molecule has 2 atom stereocenters. The van der Waals surface area contributed by atoms with E-state index in [1.54, 1.807) is 57.7 Å². The maximum absolute atomic E-state index is 13.1. The lowest BCUT2D eigenvalue weighted by molar-refractivity contribution is -0.438. The number of allylic oxidation sites excluding steroid dienone is 8. The summed E-state index contributed by atoms with van der Waals surface area (Å²) < 4.78 is 137. The van der Waals surface area contributed by atoms with Gasteiger partial charge >= 0.3 is 5.97 Å². The van der Waals surface area contributed by atoms with Gasteiger partial charge in [0.05, 0.1) is 168 Å². The number of ether oxygens (including phenoxy) is 13. The second-order valence-electron chi connectivity index (χ2n) is 20.4. The van der Waals surface area contributed by atoms with Crippen LogP contribution in [0.5, 0.6) is 0 Å². The van der Waals surface area contributed by atoms with Gasteiger partial charge in [-0.05, 0) is 81.5 Å². The van der Waals surface area contributed by atoms with Crippen LogP contribution in [0, 0.1) is 0 Å². The Morgan fingerprint density at radius 2 is 0.908 bits per heavy atom. The van der Waals surface area contributed by atoms with Crippen molar-refractivity contribution in [3.63, 3.8) is 0 Å². The van der Waals surface area contributed by atoms with Crippen LogP contribution in [0.4, 0.5) is 11.4 Å². The van der Waals surface area contributed by atoms with Crippen LogP contribution < -0.4 is 4.90 Å². The van der Waals surface area contributed by atoms with E-state index < -0.39 is 37.0 Å². The number of hydrogen-bond acceptors (Lipinski definition) is 21. The SMILES string of the molecule is COCCOCCOCCOCCOCCOCCC1(C)C(=CC=CC=CC=CC2=[N+](CCCCCC(=O)O)c3ccc(S(=O)(=O)OC)cc3C2(C)CCOCCOCCOCCOCCOCCOC)N(CCOC)c2ccc(S(=O)(=O)OC)cc21. The highest BCUT2D eigenvalue weighted by molar-refractivity contribution is 7.87. The predicted molar refractivity (Wildman–Crippen MR) is 328 cm³/mol. The van der Waals surface area contributed by atoms with E-state index in [1.807, 2.05) is 42.5 Å². The first-order valence-corrected chi connectivity index (χ1v) is 32.5. The molecule has 25 heteroatoms. The summed E-state index contributed by atoms with van der Waals surface area (Å²) >= 11 is 0. The van der Waals surface area contributed by atoms with Crippen LogP contribution in [0.15, 0.2) is 94.4 Å². The quantitative estimate of drug-likeness (QED) is 0.0318. The summed E-state index contributed by atoms with van der Waals surface area (Å²) in [4.78, 5) is 13.6. The first-order valence-electron chi connectivity index (χ1n) is 29.7. The third kappa shape index (κ3) is 25.8. The maximum Gasteiger partial charge on any atom is 0.303 e. The fourth-order valence-electron chi connectivity index (χ4n) is 9.77. The van der Waals surface area contributed by atoms with Gasteiger partial charge in [-0.1, -0.05) is 30.4 Å². The Morgan fingerprint density at radius 3 is 1.37 bits per heavy atom. The Labute approximate surface area is 516 Å². The van der Waals surface area contributed by atoms with Crippen molar-refractivity contribution >= 4 is 43.3 Å². The molecule has 2 aliphatic rings. The molecule has 0 radical (unpaired) electrons. The second kappa shape index (κ2) is 42.6. The Morgan fingerprint density at radius 1 is 0.494 bits per heavy atom. The first kappa shape index (κ1) is 75.1. The number of fused-ring (bicyclic) bond motifs is 2. The summed E-state index contributed by atoms with van der Waals surface area (Å²) in [7, 11) is -0.884. The van der Waals surface area contributed by atoms with Crippen molar-refractivity contribution in [3.8, 4) is 0 Å². The van der Waals surface area contributed by atoms with Crippen molar-refractivity contribution in [2.45, 2.75) is 73.0 Å². The molecule has 2 aromatic rings. The van der Waals surface area contributed by atoms with Crippen LogP contribution in [-0.2, 0) is 106 Å². The Hall–Kier alpha value is -4.36. The zero-order chi connectivity index (χ0) is 63.1. The fourth-order valence-corrected chi connectivity index (χ4v) is 11.1. The summed E-state index contributed by atoms with van der Waals surface area (Å²) in [6.45, 7) is 15.1. The Kier molecular flexibility index (Phi) is 36.8. The Bertz CT molecular complexity index is 2680. The fraction of sp³-hybridized carbons (Fsp3) is 0.645. The zero-order valence-corrected chi connectivity index (χ0v) is 53.9. The van der Waals surface area contributed by atoms with E-state index in [4.69, 9.17) is 69.9 Å². The number of carboxylic acids is 1. The highest BCUT2D eigenvalue weighted by Gasteiger charge is 2.48. The largest absolute Gasteiger partial charge is 0.481 e. The molecule has 1 N–H and O–H groups in total. The summed E-state index contributed by atoms with van der Waals surface area (Å²) in [5.41, 5.74) is 3.68. The number of nitrogens with zero attached hydrogens (tertiary/aromatic N) is 2. The van der Waals surface area contributed by atoms with Gasteiger partial charge in [0.15, 0.2) is 5.71 Å². The molecule has 23 nitrogen and oxygen atoms in total. The van der Waals surface area contributed by atoms with Gasteiger partial charge in [0, 0.05) is 88.4 Å². The lowest BCUT2D eigenvalue weighted by Crippen LogP contribution is -2.33. The van der Waals surface area contributed by atoms with E-state index in [1.165, 1.54) is 0 Å². The van der Waals surface area contributed by atoms with E-state index >= 15 is 0 Å². The van der Waals surface area contributed by atoms with Crippen molar-refractivity contribution in [2.24, 2.45) is 0 Å². The second-order valence-corrected chi connectivity index (χ2v) is 23.9. The number of anilines is 1. The van der Waals surface area contributed by atoms with E-state index in [0.717, 1.165) is 48.1 Å². The van der Waals surface area contributed by atoms with Crippen molar-refractivity contribution < 1.29 is 101 Å². The number of aliphatic carboxylic acids is 1. The van der Waals surface area contributed by atoms with Gasteiger partial charge in [-0.2, -0.15) is 21.4 Å². The van der Waals surface area contributed by atoms with Gasteiger partial charge in [-0.15, -0.1) is 0 Å². The van der Waals surface area contributed by atoms with Crippen LogP contribution in [0.25, 0.3) is 0 Å². The third-order valence-corrected chi connectivity index (χ3v) is 17.1. The number of carboxylic acid groups (broad SMARTS) is 1. The molecule has 492 valence electrons. The number of rotatable bonds is 53. The van der Waals surface area contributed by atoms with Crippen LogP contribution >= 0.6 is 0 Å². The predicted octanol–water partition coefficient (Wildman–Crippen LogP) is 6.57. The summed E-state index contributed by atoms with van der Waals surface area (Å²) in [6.07, 6.45) is 16.6. The van der Waals surface area contributed by atoms with E-state index in [2.05, 4.69) is 23.3 Å². The van der Waals surface area contributed by atoms with Crippen LogP contribution in [0.3, 0.4) is 0 Å². The zero-order valence-electron chi connectivity index (χ0n) is 52.2. The van der Waals surface area contributed by atoms with E-state index in [0.29, 0.717) is 197 Å². The van der Waals surface area contributed by atoms with Crippen molar-refractivity contribution in [2.75, 3.05) is 205 Å². The number of benzene rings is 2. The minimum atomic E-state index is -4.04. The molecule has 2 aliphatic heterocycles. The number of methoxy groups -OCH3 is 3. The van der Waals surface area contributed by atoms with Crippen molar-refractivity contribution in [3.05, 3.63) is 95.8 Å². The monoisotopic (exact) mass is 1270 g/mol. The van der Waals surface area contributed by atoms with Gasteiger partial charge in [0.25, 0.3) is 20.2 Å². The average molecular weight is 1270 g/mol. The minimum Gasteiger partial charge on any atom is -0.481 e. The smallest absolute Gasteiger partial charge is 0.303 e. The van der Waals surface area contributed by atoms with Crippen molar-refractivity contribution in [1.82, 2.24) is 0 Å². The molecule has 0 bridgehead atoms. The normalized spacial score (nSPS) is 17.6. The molecule has 0 spiro atoms. The van der Waals surface area contributed by atoms with E-state index in [9.17, 15) is 26.7 Å². The molecule has 0 saturated heterocycles. The van der Waals surface area contributed by atoms with E-state index in [-0.39, 0.29) is 16.2 Å². The van der Waals surface area contributed by atoms with Gasteiger partial charge in [0.2, 0.25) is 5.69 Å². The summed E-state index contributed by atoms with van der Waals surface area (Å²) in [6, 6.07) is 10.1. The summed E-state index contributed by atoms with van der Waals surface area (Å²) in [5.74, 6) is -0.846. The molecule has 0 fully saturated rings. The number of carbonyl (C=O) groups is 1. The molecule has 4 rings (SSSR count). The first-order chi connectivity index (χ1) is 42.1. The van der Waals surface area contributed by atoms with Crippen LogP contribution in [-0.4, -0.2) is 239 Å². The van der Waals surface area contributed by atoms with Gasteiger partial charge in [0.1, 0.15) is 6.54 Å². The average Bonchev–Trinajstić information content (AvgIpc) is 1.62. The molecule has 0 aromatic heterocycles. The third-order valence-electron chi connectivity index (χ3n) is 14.5. The van der Waals surface area contributed by atoms with Crippen LogP contribution in [0.1, 0.15) is 63.5 Å². The minimum absolute atomic E-state index is 0.0314. The standard InChI is InChI=1S/C62H96N2O21S2/c1-61(23-27-76-34-36-80-42-44-84-48-46-82-40-38-78-32-30-72-4)54-50-52(86(67,68)74-6)19-21-56(54)63(25-15-11-14-18-60(65)66)58(61)16-12-9-8-10-13-17-59-62(2,55-51-53(87(69,70)75-7)20-22-57(55)64(59)26-29-71-3)24-28-77-35-37-81-43-45-85-49-47-83-41-39-79-33-31-73-5/h8-10,12-13,16-17,19-22,50-51H,11,14-15,18,23-49H2,1-7H3/p+1. The Balaban J connectivity index is 1.49. The topological polar surface area (TPSA) is 250 Å².